The van der Waals surface area contributed by atoms with Crippen molar-refractivity contribution in [3.05, 3.63) is 83.6 Å². The Morgan fingerprint density at radius 3 is 2.29 bits per heavy atom. The molecule has 0 aliphatic rings. The van der Waals surface area contributed by atoms with Gasteiger partial charge in [0.15, 0.2) is 5.78 Å². The molecule has 4 nitrogen and oxygen atoms in total. The number of hydrogen-bond donors (Lipinski definition) is 0. The minimum absolute atomic E-state index is 0.0352. The molecule has 0 unspecified atom stereocenters. The van der Waals surface area contributed by atoms with E-state index < -0.39 is 0 Å². The third-order valence-corrected chi connectivity index (χ3v) is 6.68. The summed E-state index contributed by atoms with van der Waals surface area (Å²) in [5.41, 5.74) is 2.96. The molecule has 31 heavy (non-hydrogen) atoms. The van der Waals surface area contributed by atoms with Crippen molar-refractivity contribution in [3.8, 4) is 11.5 Å². The van der Waals surface area contributed by atoms with Gasteiger partial charge in [-0.25, -0.2) is 0 Å². The van der Waals surface area contributed by atoms with E-state index in [1.165, 1.54) is 21.8 Å². The van der Waals surface area contributed by atoms with Crippen LogP contribution in [0.2, 0.25) is 0 Å². The number of benzene rings is 3. The third kappa shape index (κ3) is 5.66. The van der Waals surface area contributed by atoms with Crippen LogP contribution in [0, 0.1) is 6.92 Å². The van der Waals surface area contributed by atoms with E-state index in [-0.39, 0.29) is 5.78 Å². The molecule has 6 heteroatoms. The van der Waals surface area contributed by atoms with Crippen LogP contribution in [-0.2, 0) is 5.75 Å². The van der Waals surface area contributed by atoms with Crippen LogP contribution in [0.4, 0.5) is 0 Å². The summed E-state index contributed by atoms with van der Waals surface area (Å²) < 4.78 is 16.0. The van der Waals surface area contributed by atoms with Crippen molar-refractivity contribution in [2.75, 3.05) is 14.2 Å². The molecule has 0 radical (unpaired) electrons. The van der Waals surface area contributed by atoms with Crippen molar-refractivity contribution in [3.63, 3.8) is 0 Å². The van der Waals surface area contributed by atoms with Crippen LogP contribution in [0.5, 0.6) is 11.5 Å². The van der Waals surface area contributed by atoms with Crippen LogP contribution < -0.4 is 9.47 Å². The fourth-order valence-corrected chi connectivity index (χ4v) is 5.04. The second kappa shape index (κ2) is 11.0. The summed E-state index contributed by atoms with van der Waals surface area (Å²) in [5.74, 6) is 2.44. The number of ether oxygens (including phenoxy) is 2. The van der Waals surface area contributed by atoms with E-state index in [2.05, 4.69) is 22.6 Å². The molecule has 4 rings (SSSR count). The molecule has 4 aromatic rings. The SMILES string of the molecule is COc1cccc(SCc2ccccc2)c1C(C)=O.COc1cccc2snc(C)c12. The van der Waals surface area contributed by atoms with Gasteiger partial charge in [-0.3, -0.25) is 4.79 Å². The number of aromatic nitrogens is 1. The lowest BCUT2D eigenvalue weighted by atomic mass is 10.1. The Hall–Kier alpha value is -2.83. The van der Waals surface area contributed by atoms with Gasteiger partial charge >= 0.3 is 0 Å². The zero-order valence-corrected chi connectivity index (χ0v) is 19.7. The predicted octanol–water partition coefficient (Wildman–Crippen LogP) is 6.80. The summed E-state index contributed by atoms with van der Waals surface area (Å²) in [6.07, 6.45) is 0. The molecular weight excluding hydrogens is 426 g/mol. The Balaban J connectivity index is 0.000000194. The lowest BCUT2D eigenvalue weighted by molar-refractivity contribution is 0.101. The largest absolute Gasteiger partial charge is 0.496 e. The number of aryl methyl sites for hydroxylation is 1. The topological polar surface area (TPSA) is 48.4 Å². The molecule has 0 fully saturated rings. The lowest BCUT2D eigenvalue weighted by Gasteiger charge is -2.11. The van der Waals surface area contributed by atoms with Gasteiger partial charge < -0.3 is 9.47 Å². The molecule has 0 amide bonds. The molecule has 1 heterocycles. The van der Waals surface area contributed by atoms with Crippen LogP contribution in [-0.4, -0.2) is 24.4 Å². The summed E-state index contributed by atoms with van der Waals surface area (Å²) in [7, 11) is 3.28. The highest BCUT2D eigenvalue weighted by molar-refractivity contribution is 7.98. The molecule has 0 aliphatic heterocycles. The maximum atomic E-state index is 11.8. The first-order valence-electron chi connectivity index (χ1n) is 9.78. The molecule has 0 saturated carbocycles. The highest BCUT2D eigenvalue weighted by Crippen LogP contribution is 2.32. The van der Waals surface area contributed by atoms with Crippen molar-refractivity contribution in [1.82, 2.24) is 4.37 Å². The number of nitrogens with zero attached hydrogens (tertiary/aromatic N) is 1. The van der Waals surface area contributed by atoms with Crippen molar-refractivity contribution >= 4 is 39.2 Å². The van der Waals surface area contributed by atoms with Crippen molar-refractivity contribution in [2.24, 2.45) is 0 Å². The van der Waals surface area contributed by atoms with Crippen LogP contribution in [0.25, 0.3) is 10.1 Å². The van der Waals surface area contributed by atoms with Gasteiger partial charge in [-0.1, -0.05) is 42.5 Å². The molecule has 0 spiro atoms. The molecule has 0 aliphatic carbocycles. The molecule has 160 valence electrons. The van der Waals surface area contributed by atoms with Crippen molar-refractivity contribution in [1.29, 1.82) is 0 Å². The first kappa shape index (κ1) is 22.8. The maximum Gasteiger partial charge on any atom is 0.164 e. The Kier molecular flexibility index (Phi) is 8.09. The second-order valence-electron chi connectivity index (χ2n) is 6.77. The van der Waals surface area contributed by atoms with E-state index in [1.54, 1.807) is 32.9 Å². The monoisotopic (exact) mass is 451 g/mol. The summed E-state index contributed by atoms with van der Waals surface area (Å²) >= 11 is 3.17. The molecular formula is C25H25NO3S2. The van der Waals surface area contributed by atoms with Gasteiger partial charge in [-0.15, -0.1) is 11.8 Å². The summed E-state index contributed by atoms with van der Waals surface area (Å²) in [6.45, 7) is 3.58. The predicted molar refractivity (Wildman–Crippen MR) is 130 cm³/mol. The Bertz CT molecular complexity index is 1160. The Labute approximate surface area is 191 Å². The molecule has 0 bridgehead atoms. The van der Waals surface area contributed by atoms with Gasteiger partial charge in [0.2, 0.25) is 0 Å². The van der Waals surface area contributed by atoms with Gasteiger partial charge in [-0.05, 0) is 55.2 Å². The number of carbonyl (C=O) groups is 1. The number of hydrogen-bond acceptors (Lipinski definition) is 6. The second-order valence-corrected chi connectivity index (χ2v) is 8.59. The van der Waals surface area contributed by atoms with E-state index >= 15 is 0 Å². The zero-order chi connectivity index (χ0) is 22.2. The average Bonchev–Trinajstić information content (AvgIpc) is 3.19. The fourth-order valence-electron chi connectivity index (χ4n) is 3.16. The fraction of sp³-hybridized carbons (Fsp3) is 0.200. The van der Waals surface area contributed by atoms with E-state index in [1.807, 2.05) is 55.5 Å². The van der Waals surface area contributed by atoms with E-state index in [0.717, 1.165) is 27.5 Å². The van der Waals surface area contributed by atoms with Crippen molar-refractivity contribution < 1.29 is 14.3 Å². The Morgan fingerprint density at radius 2 is 1.61 bits per heavy atom. The highest BCUT2D eigenvalue weighted by Gasteiger charge is 2.13. The standard InChI is InChI=1S/C16H16O2S.C9H9NOS/c1-12(17)16-14(18-2)9-6-10-15(16)19-11-13-7-4-3-5-8-13;1-6-9-7(11-2)4-3-5-8(9)12-10-6/h3-10H,11H2,1-2H3;3-5H,1-2H3. The van der Waals surface area contributed by atoms with E-state index in [4.69, 9.17) is 9.47 Å². The average molecular weight is 452 g/mol. The molecule has 0 atom stereocenters. The number of carbonyl (C=O) groups excluding carboxylic acids is 1. The van der Waals surface area contributed by atoms with Crippen LogP contribution in [0.15, 0.2) is 71.6 Å². The quantitative estimate of drug-likeness (QED) is 0.238. The number of methoxy groups -OCH3 is 2. The van der Waals surface area contributed by atoms with Gasteiger partial charge in [0.05, 0.1) is 35.6 Å². The molecule has 0 saturated heterocycles. The molecule has 0 N–H and O–H groups in total. The number of thioether (sulfide) groups is 1. The number of Topliss-reactive ketones (excluding diaryl/α,β-unsaturated/α-hetero) is 1. The zero-order valence-electron chi connectivity index (χ0n) is 18.0. The van der Waals surface area contributed by atoms with E-state index in [0.29, 0.717) is 11.3 Å². The van der Waals surface area contributed by atoms with Gasteiger partial charge in [-0.2, -0.15) is 4.37 Å². The number of rotatable bonds is 6. The number of fused-ring (bicyclic) bond motifs is 1. The van der Waals surface area contributed by atoms with Crippen molar-refractivity contribution in [2.45, 2.75) is 24.5 Å². The van der Waals surface area contributed by atoms with E-state index in [9.17, 15) is 4.79 Å². The minimum Gasteiger partial charge on any atom is -0.496 e. The van der Waals surface area contributed by atoms with Crippen LogP contribution in [0.3, 0.4) is 0 Å². The summed E-state index contributed by atoms with van der Waals surface area (Å²) in [6, 6.07) is 21.9. The normalized spacial score (nSPS) is 10.3. The Morgan fingerprint density at radius 1 is 0.935 bits per heavy atom. The maximum absolute atomic E-state index is 11.8. The summed E-state index contributed by atoms with van der Waals surface area (Å²) in [5, 5.41) is 1.14. The summed E-state index contributed by atoms with van der Waals surface area (Å²) in [4.78, 5) is 12.7. The highest BCUT2D eigenvalue weighted by atomic mass is 32.2. The molecule has 1 aromatic heterocycles. The third-order valence-electron chi connectivity index (χ3n) is 4.65. The van der Waals surface area contributed by atoms with Crippen LogP contribution in [0.1, 0.15) is 28.5 Å². The first-order valence-corrected chi connectivity index (χ1v) is 11.5. The lowest BCUT2D eigenvalue weighted by Crippen LogP contribution is -2.00. The van der Waals surface area contributed by atoms with Crippen LogP contribution >= 0.6 is 23.3 Å². The van der Waals surface area contributed by atoms with Gasteiger partial charge in [0, 0.05) is 10.6 Å². The molecule has 3 aromatic carbocycles. The minimum atomic E-state index is 0.0352. The van der Waals surface area contributed by atoms with Gasteiger partial charge in [0.25, 0.3) is 0 Å². The van der Waals surface area contributed by atoms with Gasteiger partial charge in [0.1, 0.15) is 11.5 Å². The number of ketones is 1. The smallest absolute Gasteiger partial charge is 0.164 e. The first-order chi connectivity index (χ1) is 15.0.